The van der Waals surface area contributed by atoms with Crippen LogP contribution in [-0.2, 0) is 0 Å². The van der Waals surface area contributed by atoms with Gasteiger partial charge in [-0.1, -0.05) is 13.0 Å². The number of hydrogen-bond acceptors (Lipinski definition) is 4. The summed E-state index contributed by atoms with van der Waals surface area (Å²) >= 11 is 0. The van der Waals surface area contributed by atoms with E-state index in [-0.39, 0.29) is 6.10 Å². The third-order valence-electron chi connectivity index (χ3n) is 2.71. The van der Waals surface area contributed by atoms with Gasteiger partial charge in [0, 0.05) is 25.8 Å². The van der Waals surface area contributed by atoms with Crippen molar-refractivity contribution in [3.8, 4) is 0 Å². The van der Waals surface area contributed by atoms with Crippen molar-refractivity contribution in [2.45, 2.75) is 32.9 Å². The fourth-order valence-corrected chi connectivity index (χ4v) is 1.79. The third-order valence-corrected chi connectivity index (χ3v) is 2.71. The summed E-state index contributed by atoms with van der Waals surface area (Å²) < 4.78 is 0. The second kappa shape index (κ2) is 6.57. The van der Waals surface area contributed by atoms with Gasteiger partial charge in [0.05, 0.1) is 6.10 Å². The highest BCUT2D eigenvalue weighted by molar-refractivity contribution is 5.38. The van der Waals surface area contributed by atoms with Gasteiger partial charge in [0.1, 0.15) is 5.82 Å². The van der Waals surface area contributed by atoms with Crippen molar-refractivity contribution in [3.63, 3.8) is 0 Å². The van der Waals surface area contributed by atoms with Crippen molar-refractivity contribution in [2.24, 2.45) is 0 Å². The smallest absolute Gasteiger partial charge is 0.128 e. The Bertz CT molecular complexity index is 324. The summed E-state index contributed by atoms with van der Waals surface area (Å²) in [6, 6.07) is 4.39. The molecule has 0 saturated carbocycles. The van der Waals surface area contributed by atoms with Gasteiger partial charge in [-0.25, -0.2) is 4.98 Å². The first kappa shape index (κ1) is 13.9. The van der Waals surface area contributed by atoms with Crippen LogP contribution in [0.5, 0.6) is 0 Å². The van der Waals surface area contributed by atoms with E-state index in [1.165, 1.54) is 5.56 Å². The first-order valence-electron chi connectivity index (χ1n) is 6.13. The van der Waals surface area contributed by atoms with E-state index in [1.807, 2.05) is 24.2 Å². The standard InChI is InChI=1S/C13H23N3O/c1-5-14-11(3)12-6-7-13(15-8-12)16(4)9-10(2)17/h6-8,10-11,14,17H,5,9H2,1-4H3. The zero-order valence-corrected chi connectivity index (χ0v) is 11.1. The molecule has 1 heterocycles. The summed E-state index contributed by atoms with van der Waals surface area (Å²) in [5.74, 6) is 0.887. The Morgan fingerprint density at radius 1 is 1.41 bits per heavy atom. The lowest BCUT2D eigenvalue weighted by molar-refractivity contribution is 0.201. The van der Waals surface area contributed by atoms with Crippen LogP contribution >= 0.6 is 0 Å². The van der Waals surface area contributed by atoms with Crippen molar-refractivity contribution in [1.82, 2.24) is 10.3 Å². The van der Waals surface area contributed by atoms with Gasteiger partial charge < -0.3 is 15.3 Å². The molecule has 17 heavy (non-hydrogen) atoms. The number of nitrogens with one attached hydrogen (secondary N) is 1. The predicted molar refractivity (Wildman–Crippen MR) is 71.3 cm³/mol. The molecule has 0 spiro atoms. The number of rotatable bonds is 6. The SMILES string of the molecule is CCNC(C)c1ccc(N(C)CC(C)O)nc1. The Morgan fingerprint density at radius 3 is 2.59 bits per heavy atom. The van der Waals surface area contributed by atoms with E-state index >= 15 is 0 Å². The largest absolute Gasteiger partial charge is 0.392 e. The first-order chi connectivity index (χ1) is 8.04. The molecule has 4 heteroatoms. The van der Waals surface area contributed by atoms with Gasteiger partial charge in [0.2, 0.25) is 0 Å². The topological polar surface area (TPSA) is 48.4 Å². The molecule has 0 fully saturated rings. The molecule has 1 aromatic rings. The fourth-order valence-electron chi connectivity index (χ4n) is 1.79. The van der Waals surface area contributed by atoms with Crippen LogP contribution < -0.4 is 10.2 Å². The Labute approximate surface area is 104 Å². The molecular formula is C13H23N3O. The number of pyridine rings is 1. The lowest BCUT2D eigenvalue weighted by atomic mass is 10.1. The summed E-state index contributed by atoms with van der Waals surface area (Å²) in [6.45, 7) is 7.53. The lowest BCUT2D eigenvalue weighted by Gasteiger charge is -2.20. The second-order valence-corrected chi connectivity index (χ2v) is 4.46. The number of likely N-dealkylation sites (N-methyl/N-ethyl adjacent to an activating group) is 1. The summed E-state index contributed by atoms with van der Waals surface area (Å²) in [7, 11) is 1.93. The maximum Gasteiger partial charge on any atom is 0.128 e. The van der Waals surface area contributed by atoms with Crippen molar-refractivity contribution in [2.75, 3.05) is 25.0 Å². The predicted octanol–water partition coefficient (Wildman–Crippen LogP) is 1.57. The molecule has 0 bridgehead atoms. The van der Waals surface area contributed by atoms with Crippen LogP contribution in [0.2, 0.25) is 0 Å². The van der Waals surface area contributed by atoms with Crippen LogP contribution in [0.4, 0.5) is 5.82 Å². The minimum Gasteiger partial charge on any atom is -0.392 e. The van der Waals surface area contributed by atoms with Gasteiger partial charge in [-0.05, 0) is 32.0 Å². The average molecular weight is 237 g/mol. The van der Waals surface area contributed by atoms with Gasteiger partial charge >= 0.3 is 0 Å². The quantitative estimate of drug-likeness (QED) is 0.788. The summed E-state index contributed by atoms with van der Waals surface area (Å²) in [5, 5.41) is 12.7. The molecule has 2 unspecified atom stereocenters. The minimum absolute atomic E-state index is 0.323. The van der Waals surface area contributed by atoms with Gasteiger partial charge in [-0.2, -0.15) is 0 Å². The molecule has 2 N–H and O–H groups in total. The average Bonchev–Trinajstić information content (AvgIpc) is 2.28. The van der Waals surface area contributed by atoms with E-state index in [4.69, 9.17) is 0 Å². The Hall–Kier alpha value is -1.13. The summed E-state index contributed by atoms with van der Waals surface area (Å²) in [4.78, 5) is 6.36. The lowest BCUT2D eigenvalue weighted by Crippen LogP contribution is -2.27. The number of aliphatic hydroxyl groups excluding tert-OH is 1. The molecule has 0 saturated heterocycles. The van der Waals surface area contributed by atoms with E-state index in [9.17, 15) is 5.11 Å². The van der Waals surface area contributed by atoms with E-state index < -0.39 is 0 Å². The fraction of sp³-hybridized carbons (Fsp3) is 0.615. The molecule has 0 aromatic carbocycles. The highest BCUT2D eigenvalue weighted by atomic mass is 16.3. The van der Waals surface area contributed by atoms with Crippen LogP contribution in [-0.4, -0.2) is 36.3 Å². The number of nitrogens with zero attached hydrogens (tertiary/aromatic N) is 2. The first-order valence-corrected chi connectivity index (χ1v) is 6.13. The van der Waals surface area contributed by atoms with Crippen LogP contribution in [0.1, 0.15) is 32.4 Å². The van der Waals surface area contributed by atoms with Crippen LogP contribution in [0.3, 0.4) is 0 Å². The van der Waals surface area contributed by atoms with Crippen molar-refractivity contribution in [1.29, 1.82) is 0 Å². The maximum atomic E-state index is 9.32. The minimum atomic E-state index is -0.345. The van der Waals surface area contributed by atoms with Crippen molar-refractivity contribution in [3.05, 3.63) is 23.9 Å². The summed E-state index contributed by atoms with van der Waals surface area (Å²) in [6.07, 6.45) is 1.54. The highest BCUT2D eigenvalue weighted by Crippen LogP contribution is 2.15. The van der Waals surface area contributed by atoms with Gasteiger partial charge in [-0.3, -0.25) is 0 Å². The van der Waals surface area contributed by atoms with Gasteiger partial charge in [0.25, 0.3) is 0 Å². The summed E-state index contributed by atoms with van der Waals surface area (Å²) in [5.41, 5.74) is 1.18. The maximum absolute atomic E-state index is 9.32. The molecule has 0 aliphatic carbocycles. The number of hydrogen-bond donors (Lipinski definition) is 2. The number of aliphatic hydroxyl groups is 1. The normalized spacial score (nSPS) is 14.4. The van der Waals surface area contributed by atoms with Crippen LogP contribution in [0, 0.1) is 0 Å². The molecule has 4 nitrogen and oxygen atoms in total. The third kappa shape index (κ3) is 4.32. The van der Waals surface area contributed by atoms with Crippen molar-refractivity contribution >= 4 is 5.82 Å². The van der Waals surface area contributed by atoms with E-state index in [2.05, 4.69) is 30.2 Å². The van der Waals surface area contributed by atoms with Gasteiger partial charge in [-0.15, -0.1) is 0 Å². The molecule has 0 aliphatic rings. The zero-order valence-electron chi connectivity index (χ0n) is 11.1. The molecule has 2 atom stereocenters. The zero-order chi connectivity index (χ0) is 12.8. The Morgan fingerprint density at radius 2 is 2.12 bits per heavy atom. The molecule has 96 valence electrons. The Kier molecular flexibility index (Phi) is 5.38. The Balaban J connectivity index is 2.67. The highest BCUT2D eigenvalue weighted by Gasteiger charge is 2.07. The molecular weight excluding hydrogens is 214 g/mol. The molecule has 0 aliphatic heterocycles. The molecule has 1 rings (SSSR count). The second-order valence-electron chi connectivity index (χ2n) is 4.46. The number of anilines is 1. The number of aromatic nitrogens is 1. The monoisotopic (exact) mass is 237 g/mol. The van der Waals surface area contributed by atoms with E-state index in [0.29, 0.717) is 12.6 Å². The van der Waals surface area contributed by atoms with Crippen LogP contribution in [0.15, 0.2) is 18.3 Å². The van der Waals surface area contributed by atoms with Crippen molar-refractivity contribution < 1.29 is 5.11 Å². The van der Waals surface area contributed by atoms with E-state index in [0.717, 1.165) is 12.4 Å². The molecule has 0 amide bonds. The van der Waals surface area contributed by atoms with Gasteiger partial charge in [0.15, 0.2) is 0 Å². The van der Waals surface area contributed by atoms with Crippen LogP contribution in [0.25, 0.3) is 0 Å². The molecule has 0 radical (unpaired) electrons. The molecule has 1 aromatic heterocycles. The van der Waals surface area contributed by atoms with E-state index in [1.54, 1.807) is 6.92 Å².